The van der Waals surface area contributed by atoms with Crippen molar-refractivity contribution in [3.8, 4) is 5.75 Å². The summed E-state index contributed by atoms with van der Waals surface area (Å²) in [5, 5.41) is 0.911. The highest BCUT2D eigenvalue weighted by Gasteiger charge is 2.28. The Morgan fingerprint density at radius 3 is 2.42 bits per heavy atom. The monoisotopic (exact) mass is 283 g/mol. The summed E-state index contributed by atoms with van der Waals surface area (Å²) in [6.45, 7) is 4.24. The molecule has 2 rings (SSSR count). The third-order valence-electron chi connectivity index (χ3n) is 2.71. The number of nitrogens with one attached hydrogen (secondary N) is 1. The van der Waals surface area contributed by atoms with Gasteiger partial charge in [0.2, 0.25) is 0 Å². The maximum Gasteiger partial charge on any atom is 0.377 e. The van der Waals surface area contributed by atoms with Crippen LogP contribution in [-0.2, 0) is 13.6 Å². The maximum absolute atomic E-state index is 12.6. The van der Waals surface area contributed by atoms with E-state index < -0.39 is 7.60 Å². The van der Waals surface area contributed by atoms with Crippen LogP contribution >= 0.6 is 7.60 Å². The largest absolute Gasteiger partial charge is 0.497 e. The van der Waals surface area contributed by atoms with Gasteiger partial charge in [0.05, 0.1) is 20.3 Å². The third-order valence-corrected chi connectivity index (χ3v) is 4.73. The summed E-state index contributed by atoms with van der Waals surface area (Å²) in [4.78, 5) is 3.09. The first kappa shape index (κ1) is 14.1. The van der Waals surface area contributed by atoms with Crippen molar-refractivity contribution in [1.29, 1.82) is 0 Å². The van der Waals surface area contributed by atoms with Crippen molar-refractivity contribution in [3.05, 3.63) is 24.3 Å². The molecule has 0 fully saturated rings. The summed E-state index contributed by atoms with van der Waals surface area (Å²) < 4.78 is 28.4. The van der Waals surface area contributed by atoms with Crippen molar-refractivity contribution in [2.75, 3.05) is 20.3 Å². The highest BCUT2D eigenvalue weighted by atomic mass is 31.2. The van der Waals surface area contributed by atoms with Gasteiger partial charge >= 0.3 is 7.60 Å². The van der Waals surface area contributed by atoms with E-state index in [0.29, 0.717) is 18.6 Å². The van der Waals surface area contributed by atoms with Gasteiger partial charge in [-0.1, -0.05) is 0 Å². The van der Waals surface area contributed by atoms with E-state index in [1.165, 1.54) is 0 Å². The first-order valence-corrected chi connectivity index (χ1v) is 7.73. The van der Waals surface area contributed by atoms with Crippen LogP contribution in [0.1, 0.15) is 13.8 Å². The second-order valence-corrected chi connectivity index (χ2v) is 5.93. The summed E-state index contributed by atoms with van der Waals surface area (Å²) in [6.07, 6.45) is 0. The highest BCUT2D eigenvalue weighted by Crippen LogP contribution is 2.47. The van der Waals surface area contributed by atoms with Gasteiger partial charge in [0, 0.05) is 10.9 Å². The molecule has 0 unspecified atom stereocenters. The molecule has 1 aromatic carbocycles. The first-order chi connectivity index (χ1) is 9.12. The fourth-order valence-electron chi connectivity index (χ4n) is 1.89. The predicted molar refractivity (Wildman–Crippen MR) is 75.3 cm³/mol. The summed E-state index contributed by atoms with van der Waals surface area (Å²) >= 11 is 0. The number of methoxy groups -OCH3 is 1. The van der Waals surface area contributed by atoms with Crippen LogP contribution in [0.5, 0.6) is 5.75 Å². The minimum absolute atomic E-state index is 0.329. The minimum Gasteiger partial charge on any atom is -0.497 e. The number of benzene rings is 1. The van der Waals surface area contributed by atoms with E-state index in [-0.39, 0.29) is 0 Å². The molecule has 5 nitrogen and oxygen atoms in total. The van der Waals surface area contributed by atoms with E-state index in [1.807, 2.05) is 18.2 Å². The molecule has 0 radical (unpaired) electrons. The maximum atomic E-state index is 12.6. The number of hydrogen-bond donors (Lipinski definition) is 1. The van der Waals surface area contributed by atoms with Gasteiger partial charge in [0.1, 0.15) is 11.2 Å². The Labute approximate surface area is 112 Å². The number of rotatable bonds is 6. The van der Waals surface area contributed by atoms with Crippen molar-refractivity contribution in [1.82, 2.24) is 4.98 Å². The lowest BCUT2D eigenvalue weighted by Gasteiger charge is -2.14. The summed E-state index contributed by atoms with van der Waals surface area (Å²) in [5.41, 5.74) is 1.34. The van der Waals surface area contributed by atoms with Crippen molar-refractivity contribution in [2.24, 2.45) is 0 Å². The van der Waals surface area contributed by atoms with Crippen LogP contribution in [-0.4, -0.2) is 25.3 Å². The average Bonchev–Trinajstić information content (AvgIpc) is 2.82. The van der Waals surface area contributed by atoms with E-state index in [1.54, 1.807) is 27.0 Å². The molecule has 6 heteroatoms. The Morgan fingerprint density at radius 1 is 1.16 bits per heavy atom. The van der Waals surface area contributed by atoms with E-state index in [2.05, 4.69) is 4.98 Å². The Morgan fingerprint density at radius 2 is 1.84 bits per heavy atom. The zero-order valence-corrected chi connectivity index (χ0v) is 12.2. The van der Waals surface area contributed by atoms with Gasteiger partial charge in [-0.3, -0.25) is 4.57 Å². The van der Waals surface area contributed by atoms with Gasteiger partial charge < -0.3 is 18.8 Å². The second-order valence-electron chi connectivity index (χ2n) is 3.94. The molecule has 0 bridgehead atoms. The molecule has 0 atom stereocenters. The Kier molecular flexibility index (Phi) is 4.30. The molecule has 0 amide bonds. The second kappa shape index (κ2) is 5.78. The third kappa shape index (κ3) is 2.84. The number of fused-ring (bicyclic) bond motifs is 1. The molecule has 0 aliphatic heterocycles. The molecule has 0 aliphatic rings. The lowest BCUT2D eigenvalue weighted by Crippen LogP contribution is -2.11. The van der Waals surface area contributed by atoms with Gasteiger partial charge in [-0.25, -0.2) is 0 Å². The van der Waals surface area contributed by atoms with Gasteiger partial charge in [0.25, 0.3) is 0 Å². The van der Waals surface area contributed by atoms with Crippen molar-refractivity contribution >= 4 is 23.9 Å². The number of aromatic nitrogens is 1. The smallest absolute Gasteiger partial charge is 0.377 e. The van der Waals surface area contributed by atoms with Crippen LogP contribution in [0.4, 0.5) is 0 Å². The van der Waals surface area contributed by atoms with Gasteiger partial charge in [-0.2, -0.15) is 0 Å². The normalized spacial score (nSPS) is 11.9. The van der Waals surface area contributed by atoms with Crippen LogP contribution in [0.3, 0.4) is 0 Å². The molecular weight excluding hydrogens is 265 g/mol. The van der Waals surface area contributed by atoms with Crippen LogP contribution in [0.2, 0.25) is 0 Å². The molecule has 104 valence electrons. The number of ether oxygens (including phenoxy) is 1. The molecule has 1 heterocycles. The quantitative estimate of drug-likeness (QED) is 0.828. The Bertz CT molecular complexity index is 598. The molecule has 19 heavy (non-hydrogen) atoms. The Hall–Kier alpha value is -1.29. The predicted octanol–water partition coefficient (Wildman–Crippen LogP) is 3.07. The topological polar surface area (TPSA) is 60.6 Å². The van der Waals surface area contributed by atoms with Gasteiger partial charge in [-0.15, -0.1) is 0 Å². The van der Waals surface area contributed by atoms with Crippen molar-refractivity contribution in [3.63, 3.8) is 0 Å². The van der Waals surface area contributed by atoms with E-state index in [0.717, 1.165) is 16.7 Å². The lowest BCUT2D eigenvalue weighted by atomic mass is 10.2. The minimum atomic E-state index is -3.26. The molecule has 1 aromatic heterocycles. The summed E-state index contributed by atoms with van der Waals surface area (Å²) in [5.74, 6) is 0.751. The number of H-pyrrole nitrogens is 1. The molecule has 0 aliphatic carbocycles. The molecular formula is C13H18NO4P. The molecule has 2 aromatic rings. The Balaban J connectivity index is 2.46. The highest BCUT2D eigenvalue weighted by molar-refractivity contribution is 7.62. The SMILES string of the molecule is CCOP(=O)(OCC)c1cc2cc(OC)ccc2[nH]1. The zero-order chi connectivity index (χ0) is 13.9. The van der Waals surface area contributed by atoms with Crippen LogP contribution < -0.4 is 10.2 Å². The molecule has 0 saturated carbocycles. The van der Waals surface area contributed by atoms with Gasteiger partial charge in [0.15, 0.2) is 0 Å². The lowest BCUT2D eigenvalue weighted by molar-refractivity contribution is 0.229. The number of aromatic amines is 1. The average molecular weight is 283 g/mol. The summed E-state index contributed by atoms with van der Waals surface area (Å²) in [7, 11) is -1.65. The van der Waals surface area contributed by atoms with Crippen LogP contribution in [0, 0.1) is 0 Å². The van der Waals surface area contributed by atoms with Crippen LogP contribution in [0.25, 0.3) is 10.9 Å². The fourth-order valence-corrected chi connectivity index (χ4v) is 3.47. The summed E-state index contributed by atoms with van der Waals surface area (Å²) in [6, 6.07) is 7.37. The molecule has 0 saturated heterocycles. The van der Waals surface area contributed by atoms with Crippen LogP contribution in [0.15, 0.2) is 24.3 Å². The number of hydrogen-bond acceptors (Lipinski definition) is 4. The molecule has 0 spiro atoms. The fraction of sp³-hybridized carbons (Fsp3) is 0.385. The van der Waals surface area contributed by atoms with Crippen molar-refractivity contribution in [2.45, 2.75) is 13.8 Å². The standard InChI is InChI=1S/C13H18NO4P/c1-4-17-19(15,18-5-2)13-9-10-8-11(16-3)6-7-12(10)14-13/h6-9,14H,4-5H2,1-3H3. The van der Waals surface area contributed by atoms with E-state index >= 15 is 0 Å². The first-order valence-electron chi connectivity index (χ1n) is 6.19. The van der Waals surface area contributed by atoms with Gasteiger partial charge in [-0.05, 0) is 38.1 Å². The zero-order valence-electron chi connectivity index (χ0n) is 11.3. The van der Waals surface area contributed by atoms with Crippen molar-refractivity contribution < 1.29 is 18.3 Å². The molecule has 1 N–H and O–H groups in total. The van der Waals surface area contributed by atoms with E-state index in [4.69, 9.17) is 13.8 Å². The van der Waals surface area contributed by atoms with E-state index in [9.17, 15) is 4.57 Å².